The number of rotatable bonds is 2. The second-order valence-corrected chi connectivity index (χ2v) is 2.68. The monoisotopic (exact) mass is 182 g/mol. The average Bonchev–Trinajstić information content (AvgIpc) is 2.56. The summed E-state index contributed by atoms with van der Waals surface area (Å²) >= 11 is 0. The lowest BCUT2D eigenvalue weighted by atomic mass is 10.4. The Morgan fingerprint density at radius 3 is 2.85 bits per heavy atom. The molecular weight excluding hydrogens is 172 g/mol. The molecule has 0 bridgehead atoms. The van der Waals surface area contributed by atoms with Crippen molar-refractivity contribution in [1.82, 2.24) is 19.8 Å². The maximum absolute atomic E-state index is 8.65. The Labute approximate surface area is 73.3 Å². The van der Waals surface area contributed by atoms with E-state index in [-0.39, 0.29) is 6.61 Å². The number of H-pyrrole nitrogens is 1. The van der Waals surface area contributed by atoms with Crippen LogP contribution in [-0.4, -0.2) is 31.5 Å². The summed E-state index contributed by atoms with van der Waals surface area (Å²) in [6, 6.07) is 0. The first-order valence-electron chi connectivity index (χ1n) is 3.82. The molecule has 7 heteroatoms. The van der Waals surface area contributed by atoms with Crippen LogP contribution < -0.4 is 11.5 Å². The third-order valence-electron chi connectivity index (χ3n) is 1.74. The largest absolute Gasteiger partial charge is 0.396 e. The van der Waals surface area contributed by atoms with Gasteiger partial charge in [0.1, 0.15) is 11.5 Å². The van der Waals surface area contributed by atoms with E-state index in [1.807, 2.05) is 0 Å². The van der Waals surface area contributed by atoms with Gasteiger partial charge in [0.2, 0.25) is 5.65 Å². The quantitative estimate of drug-likeness (QED) is 0.463. The molecule has 2 heterocycles. The van der Waals surface area contributed by atoms with Crippen molar-refractivity contribution in [1.29, 1.82) is 0 Å². The minimum atomic E-state index is 0.0164. The Balaban J connectivity index is 2.52. The van der Waals surface area contributed by atoms with Gasteiger partial charge in [0.05, 0.1) is 6.61 Å². The zero-order valence-electron chi connectivity index (χ0n) is 6.86. The minimum absolute atomic E-state index is 0.0164. The standard InChI is InChI=1S/C6H10N6O/c7-4-5(8)11-12-6(4)9-3(10-12)1-2-13/h11,13H,1-2,7-8H2. The normalized spacial score (nSPS) is 11.2. The van der Waals surface area contributed by atoms with Gasteiger partial charge >= 0.3 is 0 Å². The smallest absolute Gasteiger partial charge is 0.200 e. The summed E-state index contributed by atoms with van der Waals surface area (Å²) in [4.78, 5) is 4.08. The molecular formula is C6H10N6O. The predicted octanol–water partition coefficient (Wildman–Crippen LogP) is -1.24. The van der Waals surface area contributed by atoms with Crippen LogP contribution in [0, 0.1) is 0 Å². The van der Waals surface area contributed by atoms with E-state index in [4.69, 9.17) is 16.6 Å². The summed E-state index contributed by atoms with van der Waals surface area (Å²) in [5.41, 5.74) is 12.0. The summed E-state index contributed by atoms with van der Waals surface area (Å²) in [5, 5.41) is 15.4. The molecule has 0 saturated heterocycles. The van der Waals surface area contributed by atoms with Gasteiger partial charge in [0.15, 0.2) is 5.82 Å². The molecule has 2 rings (SSSR count). The molecule has 0 spiro atoms. The second kappa shape index (κ2) is 2.63. The molecule has 2 aromatic rings. The molecule has 0 fully saturated rings. The van der Waals surface area contributed by atoms with E-state index in [1.165, 1.54) is 4.63 Å². The van der Waals surface area contributed by atoms with Crippen LogP contribution in [0.15, 0.2) is 0 Å². The van der Waals surface area contributed by atoms with Crippen molar-refractivity contribution in [2.75, 3.05) is 18.1 Å². The number of nitrogens with zero attached hydrogens (tertiary/aromatic N) is 3. The van der Waals surface area contributed by atoms with Crippen LogP contribution in [-0.2, 0) is 6.42 Å². The number of nitrogens with one attached hydrogen (secondary N) is 1. The van der Waals surface area contributed by atoms with Gasteiger partial charge in [-0.1, -0.05) is 0 Å². The molecule has 0 aromatic carbocycles. The highest BCUT2D eigenvalue weighted by atomic mass is 16.3. The number of nitrogen functional groups attached to an aromatic ring is 2. The zero-order valence-corrected chi connectivity index (χ0v) is 6.86. The Kier molecular flexibility index (Phi) is 1.59. The number of hydrogen-bond donors (Lipinski definition) is 4. The fraction of sp³-hybridized carbons (Fsp3) is 0.333. The maximum Gasteiger partial charge on any atom is 0.200 e. The Hall–Kier alpha value is -1.76. The summed E-state index contributed by atoms with van der Waals surface area (Å²) in [6.45, 7) is 0.0164. The van der Waals surface area contributed by atoms with Crippen LogP contribution in [0.3, 0.4) is 0 Å². The first kappa shape index (κ1) is 7.87. The average molecular weight is 182 g/mol. The lowest BCUT2D eigenvalue weighted by Crippen LogP contribution is -1.97. The van der Waals surface area contributed by atoms with Gasteiger partial charge in [-0.3, -0.25) is 5.10 Å². The van der Waals surface area contributed by atoms with E-state index in [9.17, 15) is 0 Å². The summed E-state index contributed by atoms with van der Waals surface area (Å²) in [5.74, 6) is 0.894. The van der Waals surface area contributed by atoms with Crippen molar-refractivity contribution in [3.05, 3.63) is 5.82 Å². The number of aromatic amines is 1. The number of hydrogen-bond acceptors (Lipinski definition) is 5. The fourth-order valence-corrected chi connectivity index (χ4v) is 1.11. The number of fused-ring (bicyclic) bond motifs is 1. The number of aliphatic hydroxyl groups is 1. The molecule has 2 aromatic heterocycles. The Bertz CT molecular complexity index is 429. The summed E-state index contributed by atoms with van der Waals surface area (Å²) in [6.07, 6.45) is 0.412. The van der Waals surface area contributed by atoms with Crippen LogP contribution in [0.25, 0.3) is 5.65 Å². The summed E-state index contributed by atoms with van der Waals surface area (Å²) < 4.78 is 1.40. The third kappa shape index (κ3) is 1.09. The molecule has 0 aliphatic rings. The molecule has 0 atom stereocenters. The fourth-order valence-electron chi connectivity index (χ4n) is 1.11. The minimum Gasteiger partial charge on any atom is -0.396 e. The Morgan fingerprint density at radius 2 is 2.23 bits per heavy atom. The number of nitrogens with two attached hydrogens (primary N) is 2. The van der Waals surface area contributed by atoms with Crippen molar-refractivity contribution in [3.8, 4) is 0 Å². The van der Waals surface area contributed by atoms with Crippen molar-refractivity contribution >= 4 is 17.2 Å². The zero-order chi connectivity index (χ0) is 9.42. The van der Waals surface area contributed by atoms with Crippen LogP contribution >= 0.6 is 0 Å². The van der Waals surface area contributed by atoms with Crippen LogP contribution in [0.4, 0.5) is 11.5 Å². The molecule has 0 aliphatic heterocycles. The van der Waals surface area contributed by atoms with E-state index in [0.717, 1.165) is 0 Å². The highest BCUT2D eigenvalue weighted by Gasteiger charge is 2.10. The van der Waals surface area contributed by atoms with Crippen LogP contribution in [0.5, 0.6) is 0 Å². The second-order valence-electron chi connectivity index (χ2n) is 2.68. The van der Waals surface area contributed by atoms with Gasteiger partial charge in [0, 0.05) is 6.42 Å². The lowest BCUT2D eigenvalue weighted by Gasteiger charge is -1.87. The van der Waals surface area contributed by atoms with Crippen LogP contribution in [0.1, 0.15) is 5.82 Å². The third-order valence-corrected chi connectivity index (χ3v) is 1.74. The van der Waals surface area contributed by atoms with E-state index in [0.29, 0.717) is 29.4 Å². The number of aromatic nitrogens is 4. The molecule has 0 saturated carbocycles. The van der Waals surface area contributed by atoms with Crippen LogP contribution in [0.2, 0.25) is 0 Å². The summed E-state index contributed by atoms with van der Waals surface area (Å²) in [7, 11) is 0. The molecule has 6 N–H and O–H groups in total. The molecule has 0 aliphatic carbocycles. The van der Waals surface area contributed by atoms with Crippen molar-refractivity contribution < 1.29 is 5.11 Å². The highest BCUT2D eigenvalue weighted by molar-refractivity contribution is 5.75. The highest BCUT2D eigenvalue weighted by Crippen LogP contribution is 2.17. The lowest BCUT2D eigenvalue weighted by molar-refractivity contribution is 0.296. The van der Waals surface area contributed by atoms with E-state index < -0.39 is 0 Å². The molecule has 7 nitrogen and oxygen atoms in total. The number of aliphatic hydroxyl groups excluding tert-OH is 1. The van der Waals surface area contributed by atoms with Gasteiger partial charge in [-0.15, -0.1) is 5.10 Å². The molecule has 13 heavy (non-hydrogen) atoms. The van der Waals surface area contributed by atoms with E-state index >= 15 is 0 Å². The van der Waals surface area contributed by atoms with Gasteiger partial charge < -0.3 is 16.6 Å². The van der Waals surface area contributed by atoms with Gasteiger partial charge in [0.25, 0.3) is 0 Å². The molecule has 0 amide bonds. The predicted molar refractivity (Wildman–Crippen MR) is 47.0 cm³/mol. The molecule has 70 valence electrons. The topological polar surface area (TPSA) is 118 Å². The molecule has 0 radical (unpaired) electrons. The molecule has 0 unspecified atom stereocenters. The van der Waals surface area contributed by atoms with Gasteiger partial charge in [-0.05, 0) is 0 Å². The maximum atomic E-state index is 8.65. The SMILES string of the molecule is Nc1[nH]n2nc(CCO)nc2c1N. The van der Waals surface area contributed by atoms with Crippen molar-refractivity contribution in [3.63, 3.8) is 0 Å². The van der Waals surface area contributed by atoms with E-state index in [2.05, 4.69) is 15.2 Å². The van der Waals surface area contributed by atoms with Gasteiger partial charge in [-0.2, -0.15) is 4.63 Å². The Morgan fingerprint density at radius 1 is 1.46 bits per heavy atom. The van der Waals surface area contributed by atoms with Crippen molar-refractivity contribution in [2.24, 2.45) is 0 Å². The van der Waals surface area contributed by atoms with Gasteiger partial charge in [-0.25, -0.2) is 4.98 Å². The van der Waals surface area contributed by atoms with Crippen molar-refractivity contribution in [2.45, 2.75) is 6.42 Å². The first-order valence-corrected chi connectivity index (χ1v) is 3.82. The van der Waals surface area contributed by atoms with E-state index in [1.54, 1.807) is 0 Å². The first-order chi connectivity index (χ1) is 6.22. The number of anilines is 2.